The number of benzene rings is 6. The molecule has 0 amide bonds. The molecule has 9 rings (SSSR count). The summed E-state index contributed by atoms with van der Waals surface area (Å²) in [6, 6.07) is 57.3. The fourth-order valence-electron chi connectivity index (χ4n) is 6.63. The fourth-order valence-corrected chi connectivity index (χ4v) is 6.63. The van der Waals surface area contributed by atoms with E-state index >= 15 is 0 Å². The first-order valence-electron chi connectivity index (χ1n) is 15.5. The number of hydrogen-bond acceptors (Lipinski definition) is 2. The first-order valence-corrected chi connectivity index (χ1v) is 15.5. The van der Waals surface area contributed by atoms with Crippen LogP contribution in [0.1, 0.15) is 0 Å². The second-order valence-electron chi connectivity index (χ2n) is 11.5. The number of para-hydroxylation sites is 2. The van der Waals surface area contributed by atoms with Gasteiger partial charge in [0.15, 0.2) is 5.82 Å². The molecule has 0 atom stereocenters. The van der Waals surface area contributed by atoms with E-state index in [0.717, 1.165) is 39.5 Å². The van der Waals surface area contributed by atoms with Gasteiger partial charge in [-0.1, -0.05) is 97.1 Å². The smallest absolute Gasteiger partial charge is 0.160 e. The average molecular weight is 589 g/mol. The van der Waals surface area contributed by atoms with Gasteiger partial charge in [-0.25, -0.2) is 9.97 Å². The molecular formula is C42H28N4. The summed E-state index contributed by atoms with van der Waals surface area (Å²) < 4.78 is 4.63. The van der Waals surface area contributed by atoms with Crippen molar-refractivity contribution in [2.24, 2.45) is 0 Å². The lowest BCUT2D eigenvalue weighted by atomic mass is 10.1. The Hall–Kier alpha value is -6.26. The number of fused-ring (bicyclic) bond motifs is 5. The molecule has 0 aliphatic rings. The third-order valence-electron chi connectivity index (χ3n) is 8.79. The van der Waals surface area contributed by atoms with E-state index in [4.69, 9.17) is 9.97 Å². The van der Waals surface area contributed by atoms with Crippen LogP contribution in [0, 0.1) is 0 Å². The van der Waals surface area contributed by atoms with Crippen LogP contribution in [-0.4, -0.2) is 19.1 Å². The van der Waals surface area contributed by atoms with Gasteiger partial charge in [0.2, 0.25) is 0 Å². The summed E-state index contributed by atoms with van der Waals surface area (Å²) in [6.45, 7) is 0. The molecule has 216 valence electrons. The Morgan fingerprint density at radius 2 is 0.957 bits per heavy atom. The van der Waals surface area contributed by atoms with Crippen LogP contribution in [0.15, 0.2) is 170 Å². The SMILES string of the molecule is c1ccc(-c2cc(-c3ccccc3)nc(-c3ccc(-n4c5ccccc5c5c6ccn(-c7ccccc7)c6ccc54)cc3)n2)cc1. The van der Waals surface area contributed by atoms with Crippen molar-refractivity contribution in [3.63, 3.8) is 0 Å². The molecule has 0 unspecified atom stereocenters. The van der Waals surface area contributed by atoms with E-state index in [1.54, 1.807) is 0 Å². The molecule has 0 N–H and O–H groups in total. The lowest BCUT2D eigenvalue weighted by Gasteiger charge is -2.11. The maximum absolute atomic E-state index is 5.03. The van der Waals surface area contributed by atoms with Crippen molar-refractivity contribution in [3.8, 4) is 45.3 Å². The van der Waals surface area contributed by atoms with Crippen molar-refractivity contribution in [1.82, 2.24) is 19.1 Å². The maximum atomic E-state index is 5.03. The van der Waals surface area contributed by atoms with E-state index in [1.165, 1.54) is 32.7 Å². The van der Waals surface area contributed by atoms with Gasteiger partial charge in [-0.15, -0.1) is 0 Å². The molecule has 3 heterocycles. The van der Waals surface area contributed by atoms with E-state index in [-0.39, 0.29) is 0 Å². The van der Waals surface area contributed by atoms with Crippen LogP contribution >= 0.6 is 0 Å². The Balaban J connectivity index is 1.19. The average Bonchev–Trinajstić information content (AvgIpc) is 3.72. The highest BCUT2D eigenvalue weighted by Gasteiger charge is 2.17. The second kappa shape index (κ2) is 10.7. The van der Waals surface area contributed by atoms with Crippen LogP contribution < -0.4 is 0 Å². The van der Waals surface area contributed by atoms with Crippen molar-refractivity contribution in [2.45, 2.75) is 0 Å². The molecule has 0 spiro atoms. The Kier molecular flexibility index (Phi) is 6.10. The standard InChI is InChI=1S/C42H28N4/c1-4-12-29(13-5-1)36-28-37(30-14-6-2-7-15-30)44-42(43-36)31-20-22-33(23-21-31)46-39-19-11-10-18-34(39)41-35-26-27-45(32-16-8-3-9-17-32)38(35)24-25-40(41)46/h1-28H. The summed E-state index contributed by atoms with van der Waals surface area (Å²) in [5.74, 6) is 0.706. The van der Waals surface area contributed by atoms with Gasteiger partial charge in [0.05, 0.1) is 27.9 Å². The largest absolute Gasteiger partial charge is 0.317 e. The highest BCUT2D eigenvalue weighted by molar-refractivity contribution is 6.21. The third-order valence-corrected chi connectivity index (χ3v) is 8.79. The van der Waals surface area contributed by atoms with Crippen molar-refractivity contribution >= 4 is 32.7 Å². The first kappa shape index (κ1) is 26.2. The van der Waals surface area contributed by atoms with Gasteiger partial charge in [-0.05, 0) is 66.7 Å². The van der Waals surface area contributed by atoms with Crippen molar-refractivity contribution in [3.05, 3.63) is 170 Å². The second-order valence-corrected chi connectivity index (χ2v) is 11.5. The van der Waals surface area contributed by atoms with Crippen LogP contribution in [0.25, 0.3) is 78.0 Å². The predicted octanol–water partition coefficient (Wildman–Crippen LogP) is 10.5. The third kappa shape index (κ3) is 4.31. The summed E-state index contributed by atoms with van der Waals surface area (Å²) in [5.41, 5.74) is 10.7. The van der Waals surface area contributed by atoms with Crippen LogP contribution in [-0.2, 0) is 0 Å². The van der Waals surface area contributed by atoms with E-state index in [0.29, 0.717) is 5.82 Å². The quantitative estimate of drug-likeness (QED) is 0.200. The normalized spacial score (nSPS) is 11.5. The molecule has 9 aromatic rings. The van der Waals surface area contributed by atoms with E-state index < -0.39 is 0 Å². The van der Waals surface area contributed by atoms with Gasteiger partial charge < -0.3 is 9.13 Å². The zero-order valence-electron chi connectivity index (χ0n) is 25.0. The molecule has 0 saturated heterocycles. The molecule has 0 saturated carbocycles. The van der Waals surface area contributed by atoms with E-state index in [9.17, 15) is 0 Å². The summed E-state index contributed by atoms with van der Waals surface area (Å²) in [4.78, 5) is 10.1. The first-order chi connectivity index (χ1) is 22.8. The summed E-state index contributed by atoms with van der Waals surface area (Å²) in [6.07, 6.45) is 2.17. The Morgan fingerprint density at radius 1 is 0.391 bits per heavy atom. The number of rotatable bonds is 5. The lowest BCUT2D eigenvalue weighted by Crippen LogP contribution is -1.97. The van der Waals surface area contributed by atoms with Gasteiger partial charge >= 0.3 is 0 Å². The molecular weight excluding hydrogens is 560 g/mol. The van der Waals surface area contributed by atoms with Crippen LogP contribution in [0.2, 0.25) is 0 Å². The van der Waals surface area contributed by atoms with Crippen molar-refractivity contribution in [2.75, 3.05) is 0 Å². The monoisotopic (exact) mass is 588 g/mol. The number of nitrogens with zero attached hydrogens (tertiary/aromatic N) is 4. The molecule has 0 aliphatic carbocycles. The Bertz CT molecular complexity index is 2430. The number of aromatic nitrogens is 4. The van der Waals surface area contributed by atoms with E-state index in [2.05, 4.69) is 143 Å². The molecule has 0 bridgehead atoms. The minimum atomic E-state index is 0.706. The minimum Gasteiger partial charge on any atom is -0.317 e. The van der Waals surface area contributed by atoms with E-state index in [1.807, 2.05) is 36.4 Å². The lowest BCUT2D eigenvalue weighted by molar-refractivity contribution is 1.13. The summed E-state index contributed by atoms with van der Waals surface area (Å²) in [5, 5.41) is 3.75. The molecule has 46 heavy (non-hydrogen) atoms. The van der Waals surface area contributed by atoms with Crippen molar-refractivity contribution in [1.29, 1.82) is 0 Å². The molecule has 6 aromatic carbocycles. The number of hydrogen-bond donors (Lipinski definition) is 0. The fraction of sp³-hybridized carbons (Fsp3) is 0. The van der Waals surface area contributed by atoms with Gasteiger partial charge in [-0.2, -0.15) is 0 Å². The predicted molar refractivity (Wildman–Crippen MR) is 190 cm³/mol. The van der Waals surface area contributed by atoms with Crippen LogP contribution in [0.4, 0.5) is 0 Å². The van der Waals surface area contributed by atoms with Gasteiger partial charge in [0.1, 0.15) is 0 Å². The Morgan fingerprint density at radius 3 is 1.63 bits per heavy atom. The zero-order chi connectivity index (χ0) is 30.5. The molecule has 0 aliphatic heterocycles. The van der Waals surface area contributed by atoms with Crippen LogP contribution in [0.5, 0.6) is 0 Å². The molecule has 4 nitrogen and oxygen atoms in total. The van der Waals surface area contributed by atoms with Crippen LogP contribution in [0.3, 0.4) is 0 Å². The maximum Gasteiger partial charge on any atom is 0.160 e. The zero-order valence-corrected chi connectivity index (χ0v) is 25.0. The summed E-state index contributed by atoms with van der Waals surface area (Å²) in [7, 11) is 0. The Labute approximate surface area is 266 Å². The highest BCUT2D eigenvalue weighted by atomic mass is 15.0. The minimum absolute atomic E-state index is 0.706. The summed E-state index contributed by atoms with van der Waals surface area (Å²) >= 11 is 0. The topological polar surface area (TPSA) is 35.6 Å². The van der Waals surface area contributed by atoms with Gasteiger partial charge in [0, 0.05) is 50.4 Å². The highest BCUT2D eigenvalue weighted by Crippen LogP contribution is 2.38. The van der Waals surface area contributed by atoms with Crippen molar-refractivity contribution < 1.29 is 0 Å². The van der Waals surface area contributed by atoms with Gasteiger partial charge in [-0.3, -0.25) is 0 Å². The molecule has 0 fully saturated rings. The van der Waals surface area contributed by atoms with Gasteiger partial charge in [0.25, 0.3) is 0 Å². The molecule has 3 aromatic heterocycles. The molecule has 0 radical (unpaired) electrons. The molecule has 4 heteroatoms.